The van der Waals surface area contributed by atoms with Gasteiger partial charge < -0.3 is 10.2 Å². The molecule has 0 bridgehead atoms. The largest absolute Gasteiger partial charge is 0.352 e. The third-order valence-corrected chi connectivity index (χ3v) is 4.40. The van der Waals surface area contributed by atoms with E-state index < -0.39 is 0 Å². The van der Waals surface area contributed by atoms with Crippen LogP contribution in [0.5, 0.6) is 0 Å². The van der Waals surface area contributed by atoms with Crippen LogP contribution in [0.25, 0.3) is 0 Å². The second-order valence-corrected chi connectivity index (χ2v) is 6.30. The van der Waals surface area contributed by atoms with Crippen LogP contribution in [-0.4, -0.2) is 31.2 Å². The number of nitriles is 1. The van der Waals surface area contributed by atoms with Gasteiger partial charge in [-0.25, -0.2) is 0 Å². The van der Waals surface area contributed by atoms with E-state index in [-0.39, 0.29) is 24.0 Å². The molecular weight excluding hydrogens is 443 g/mol. The van der Waals surface area contributed by atoms with Crippen molar-refractivity contribution in [1.82, 2.24) is 10.2 Å². The summed E-state index contributed by atoms with van der Waals surface area (Å²) in [5.74, 6) is 0.825. The summed E-state index contributed by atoms with van der Waals surface area (Å²) in [5.41, 5.74) is 2.98. The number of hydrogen-bond donors (Lipinski definition) is 1. The molecule has 1 N–H and O–H groups in total. The summed E-state index contributed by atoms with van der Waals surface area (Å²) < 4.78 is 0. The molecule has 25 heavy (non-hydrogen) atoms. The first-order chi connectivity index (χ1) is 11.7. The van der Waals surface area contributed by atoms with E-state index in [9.17, 15) is 0 Å². The van der Waals surface area contributed by atoms with E-state index in [0.29, 0.717) is 12.1 Å². The van der Waals surface area contributed by atoms with Gasteiger partial charge in [0.2, 0.25) is 0 Å². The van der Waals surface area contributed by atoms with Gasteiger partial charge in [0.15, 0.2) is 5.96 Å². The number of halogens is 1. The molecule has 6 heteroatoms. The lowest BCUT2D eigenvalue weighted by atomic mass is 10.1. The summed E-state index contributed by atoms with van der Waals surface area (Å²) in [6.07, 6.45) is 2.08. The summed E-state index contributed by atoms with van der Waals surface area (Å²) in [6.45, 7) is 1.42. The van der Waals surface area contributed by atoms with E-state index >= 15 is 0 Å². The number of guanidine groups is 1. The Balaban J connectivity index is 0.00000312. The minimum atomic E-state index is 0. The SMILES string of the molecule is CN=C(NCc1cccc(C#N)c1)N(C)Cc1ccc(SC)cc1.I. The monoisotopic (exact) mass is 466 g/mol. The van der Waals surface area contributed by atoms with Gasteiger partial charge in [-0.1, -0.05) is 24.3 Å². The molecule has 0 saturated carbocycles. The van der Waals surface area contributed by atoms with Crippen molar-refractivity contribution in [2.45, 2.75) is 18.0 Å². The molecule has 0 aliphatic heterocycles. The van der Waals surface area contributed by atoms with Crippen LogP contribution in [0.1, 0.15) is 16.7 Å². The summed E-state index contributed by atoms with van der Waals surface area (Å²) in [4.78, 5) is 7.69. The zero-order chi connectivity index (χ0) is 17.4. The van der Waals surface area contributed by atoms with Crippen molar-refractivity contribution >= 4 is 41.7 Å². The Kier molecular flexibility index (Phi) is 9.39. The van der Waals surface area contributed by atoms with Gasteiger partial charge in [0.25, 0.3) is 0 Å². The van der Waals surface area contributed by atoms with E-state index in [1.54, 1.807) is 18.8 Å². The fraction of sp³-hybridized carbons (Fsp3) is 0.263. The third kappa shape index (κ3) is 6.59. The van der Waals surface area contributed by atoms with Crippen molar-refractivity contribution in [1.29, 1.82) is 5.26 Å². The highest BCUT2D eigenvalue weighted by Gasteiger charge is 2.07. The highest BCUT2D eigenvalue weighted by Crippen LogP contribution is 2.15. The molecule has 132 valence electrons. The van der Waals surface area contributed by atoms with E-state index in [4.69, 9.17) is 5.26 Å². The lowest BCUT2D eigenvalue weighted by molar-refractivity contribution is 0.476. The molecule has 0 aliphatic rings. The molecule has 2 aromatic carbocycles. The van der Waals surface area contributed by atoms with E-state index in [0.717, 1.165) is 18.1 Å². The molecular formula is C19H23IN4S. The third-order valence-electron chi connectivity index (χ3n) is 3.66. The molecule has 0 aromatic heterocycles. The lowest BCUT2D eigenvalue weighted by Crippen LogP contribution is -2.38. The highest BCUT2D eigenvalue weighted by molar-refractivity contribution is 14.0. The topological polar surface area (TPSA) is 51.4 Å². The molecule has 0 aliphatic carbocycles. The minimum Gasteiger partial charge on any atom is -0.352 e. The molecule has 0 fully saturated rings. The van der Waals surface area contributed by atoms with Crippen LogP contribution in [0.2, 0.25) is 0 Å². The molecule has 0 heterocycles. The molecule has 2 rings (SSSR count). The first-order valence-corrected chi connectivity index (χ1v) is 8.92. The van der Waals surface area contributed by atoms with Crippen LogP contribution in [0, 0.1) is 11.3 Å². The molecule has 2 aromatic rings. The van der Waals surface area contributed by atoms with Crippen molar-refractivity contribution < 1.29 is 0 Å². The maximum Gasteiger partial charge on any atom is 0.193 e. The minimum absolute atomic E-state index is 0. The fourth-order valence-electron chi connectivity index (χ4n) is 2.40. The first-order valence-electron chi connectivity index (χ1n) is 7.70. The Bertz CT molecular complexity index is 738. The van der Waals surface area contributed by atoms with Crippen LogP contribution >= 0.6 is 35.7 Å². The van der Waals surface area contributed by atoms with Crippen molar-refractivity contribution in [3.63, 3.8) is 0 Å². The predicted molar refractivity (Wildman–Crippen MR) is 116 cm³/mol. The number of nitrogens with one attached hydrogen (secondary N) is 1. The average molecular weight is 466 g/mol. The van der Waals surface area contributed by atoms with Crippen LogP contribution in [0.15, 0.2) is 58.4 Å². The summed E-state index contributed by atoms with van der Waals surface area (Å²) in [6, 6.07) is 18.3. The Labute approximate surface area is 171 Å². The van der Waals surface area contributed by atoms with Gasteiger partial charge in [0.05, 0.1) is 11.6 Å². The summed E-state index contributed by atoms with van der Waals surface area (Å²) in [7, 11) is 3.80. The van der Waals surface area contributed by atoms with Crippen molar-refractivity contribution in [2.24, 2.45) is 4.99 Å². The van der Waals surface area contributed by atoms with Crippen molar-refractivity contribution in [3.8, 4) is 6.07 Å². The molecule has 0 unspecified atom stereocenters. The zero-order valence-electron chi connectivity index (χ0n) is 14.7. The Morgan fingerprint density at radius 3 is 2.52 bits per heavy atom. The zero-order valence-corrected chi connectivity index (χ0v) is 17.8. The highest BCUT2D eigenvalue weighted by atomic mass is 127. The van der Waals surface area contributed by atoms with Gasteiger partial charge in [-0.05, 0) is 41.6 Å². The second kappa shape index (κ2) is 11.0. The maximum absolute atomic E-state index is 8.97. The standard InChI is InChI=1S/C19H22N4S.HI/c1-21-19(22-13-17-6-4-5-16(11-17)12-20)23(2)14-15-7-9-18(24-3)10-8-15;/h4-11H,13-14H2,1-3H3,(H,21,22);1H. The first kappa shape index (κ1) is 21.3. The van der Waals surface area contributed by atoms with Crippen molar-refractivity contribution in [2.75, 3.05) is 20.4 Å². The van der Waals surface area contributed by atoms with E-state index in [1.807, 2.05) is 31.3 Å². The number of hydrogen-bond acceptors (Lipinski definition) is 3. The van der Waals surface area contributed by atoms with Gasteiger partial charge in [-0.2, -0.15) is 5.26 Å². The van der Waals surface area contributed by atoms with Crippen LogP contribution in [0.4, 0.5) is 0 Å². The number of thioether (sulfide) groups is 1. The molecule has 0 spiro atoms. The van der Waals surface area contributed by atoms with Crippen LogP contribution in [0.3, 0.4) is 0 Å². The number of benzene rings is 2. The van der Waals surface area contributed by atoms with Crippen molar-refractivity contribution in [3.05, 3.63) is 65.2 Å². The number of aliphatic imine (C=N–C) groups is 1. The molecule has 0 saturated heterocycles. The Hall–Kier alpha value is -1.72. The fourth-order valence-corrected chi connectivity index (χ4v) is 2.80. The molecule has 0 amide bonds. The van der Waals surface area contributed by atoms with Crippen LogP contribution < -0.4 is 5.32 Å². The Morgan fingerprint density at radius 2 is 1.92 bits per heavy atom. The van der Waals surface area contributed by atoms with Gasteiger partial charge in [0, 0.05) is 32.1 Å². The quantitative estimate of drug-likeness (QED) is 0.312. The number of rotatable bonds is 5. The molecule has 0 atom stereocenters. The van der Waals surface area contributed by atoms with Gasteiger partial charge >= 0.3 is 0 Å². The predicted octanol–water partition coefficient (Wildman–Crippen LogP) is 4.11. The van der Waals surface area contributed by atoms with E-state index in [1.165, 1.54) is 10.5 Å². The van der Waals surface area contributed by atoms with Gasteiger partial charge in [0.1, 0.15) is 0 Å². The average Bonchev–Trinajstić information content (AvgIpc) is 2.63. The smallest absolute Gasteiger partial charge is 0.193 e. The maximum atomic E-state index is 8.97. The van der Waals surface area contributed by atoms with E-state index in [2.05, 4.69) is 51.8 Å². The normalized spacial score (nSPS) is 10.6. The Morgan fingerprint density at radius 1 is 1.20 bits per heavy atom. The number of nitrogens with zero attached hydrogens (tertiary/aromatic N) is 3. The lowest BCUT2D eigenvalue weighted by Gasteiger charge is -2.22. The second-order valence-electron chi connectivity index (χ2n) is 5.42. The summed E-state index contributed by atoms with van der Waals surface area (Å²) in [5, 5.41) is 12.3. The molecule has 4 nitrogen and oxygen atoms in total. The molecule has 0 radical (unpaired) electrons. The summed E-state index contributed by atoms with van der Waals surface area (Å²) >= 11 is 1.74. The van der Waals surface area contributed by atoms with Crippen LogP contribution in [-0.2, 0) is 13.1 Å². The van der Waals surface area contributed by atoms with Gasteiger partial charge in [-0.3, -0.25) is 4.99 Å². The van der Waals surface area contributed by atoms with Gasteiger partial charge in [-0.15, -0.1) is 35.7 Å².